The lowest BCUT2D eigenvalue weighted by molar-refractivity contribution is 0.175. The summed E-state index contributed by atoms with van der Waals surface area (Å²) in [5, 5.41) is 11.0. The molecule has 0 spiro atoms. The van der Waals surface area contributed by atoms with E-state index in [0.717, 1.165) is 17.0 Å². The number of halogens is 1. The highest BCUT2D eigenvalue weighted by molar-refractivity contribution is 7.07. The number of hydrogen-bond donors (Lipinski definition) is 1. The lowest BCUT2D eigenvalue weighted by Gasteiger charge is -2.07. The first kappa shape index (κ1) is 9.77. The van der Waals surface area contributed by atoms with E-state index < -0.39 is 6.10 Å². The van der Waals surface area contributed by atoms with Crippen LogP contribution in [0.25, 0.3) is 0 Å². The highest BCUT2D eigenvalue weighted by atomic mass is 35.5. The Morgan fingerprint density at radius 3 is 2.92 bits per heavy atom. The fraction of sp³-hybridized carbons (Fsp3) is 0.571. The van der Waals surface area contributed by atoms with Crippen LogP contribution in [0, 0.1) is 6.92 Å². The highest BCUT2D eigenvalue weighted by Gasteiger charge is 2.07. The Morgan fingerprint density at radius 2 is 2.50 bits per heavy atom. The molecule has 1 aromatic heterocycles. The van der Waals surface area contributed by atoms with Crippen molar-refractivity contribution in [1.29, 1.82) is 0 Å². The van der Waals surface area contributed by atoms with Crippen LogP contribution in [0.2, 0.25) is 0 Å². The van der Waals surface area contributed by atoms with Gasteiger partial charge in [0.2, 0.25) is 0 Å². The molecule has 5 heteroatoms. The van der Waals surface area contributed by atoms with E-state index in [1.54, 1.807) is 5.38 Å². The van der Waals surface area contributed by atoms with Crippen molar-refractivity contribution in [1.82, 2.24) is 4.57 Å². The second kappa shape index (κ2) is 4.07. The first-order valence-corrected chi connectivity index (χ1v) is 4.95. The van der Waals surface area contributed by atoms with Crippen molar-refractivity contribution >= 4 is 22.9 Å². The summed E-state index contributed by atoms with van der Waals surface area (Å²) in [6.07, 6.45) is -0.641. The smallest absolute Gasteiger partial charge is 0.307 e. The summed E-state index contributed by atoms with van der Waals surface area (Å²) in [4.78, 5) is 11.1. The van der Waals surface area contributed by atoms with Gasteiger partial charge in [0.1, 0.15) is 0 Å². The van der Waals surface area contributed by atoms with Gasteiger partial charge in [-0.1, -0.05) is 11.3 Å². The molecule has 0 saturated carbocycles. The largest absolute Gasteiger partial charge is 0.390 e. The quantitative estimate of drug-likeness (QED) is 0.746. The van der Waals surface area contributed by atoms with Gasteiger partial charge in [-0.05, 0) is 6.92 Å². The van der Waals surface area contributed by atoms with Gasteiger partial charge in [-0.2, -0.15) is 0 Å². The first-order chi connectivity index (χ1) is 5.65. The van der Waals surface area contributed by atoms with Gasteiger partial charge >= 0.3 is 4.87 Å². The summed E-state index contributed by atoms with van der Waals surface area (Å²) in [6.45, 7) is 2.12. The van der Waals surface area contributed by atoms with Crippen LogP contribution in [0.1, 0.15) is 5.69 Å². The maximum Gasteiger partial charge on any atom is 0.307 e. The van der Waals surface area contributed by atoms with E-state index in [1.165, 1.54) is 4.57 Å². The minimum Gasteiger partial charge on any atom is -0.390 e. The third kappa shape index (κ3) is 2.09. The van der Waals surface area contributed by atoms with Gasteiger partial charge in [0.15, 0.2) is 0 Å². The lowest BCUT2D eigenvalue weighted by Crippen LogP contribution is -2.24. The zero-order chi connectivity index (χ0) is 9.14. The number of hydrogen-bond acceptors (Lipinski definition) is 3. The number of nitrogens with zero attached hydrogens (tertiary/aromatic N) is 1. The molecule has 0 aliphatic carbocycles. The summed E-state index contributed by atoms with van der Waals surface area (Å²) in [6, 6.07) is 0. The predicted octanol–water partition coefficient (Wildman–Crippen LogP) is 0.818. The molecule has 0 saturated heterocycles. The van der Waals surface area contributed by atoms with Crippen LogP contribution in [0.4, 0.5) is 0 Å². The monoisotopic (exact) mass is 207 g/mol. The molecule has 0 aromatic carbocycles. The van der Waals surface area contributed by atoms with Crippen molar-refractivity contribution < 1.29 is 5.11 Å². The van der Waals surface area contributed by atoms with Gasteiger partial charge in [0.05, 0.1) is 18.5 Å². The lowest BCUT2D eigenvalue weighted by atomic mass is 10.4. The Bertz CT molecular complexity index is 307. The van der Waals surface area contributed by atoms with Crippen molar-refractivity contribution in [2.45, 2.75) is 19.6 Å². The van der Waals surface area contributed by atoms with Crippen LogP contribution in [-0.2, 0) is 6.54 Å². The molecule has 0 fully saturated rings. The predicted molar refractivity (Wildman–Crippen MR) is 50.0 cm³/mol. The average molecular weight is 208 g/mol. The number of aliphatic hydroxyl groups excluding tert-OH is 1. The summed E-state index contributed by atoms with van der Waals surface area (Å²) >= 11 is 6.55. The fourth-order valence-electron chi connectivity index (χ4n) is 0.885. The average Bonchev–Trinajstić information content (AvgIpc) is 2.35. The van der Waals surface area contributed by atoms with Crippen LogP contribution in [-0.4, -0.2) is 21.7 Å². The molecule has 12 heavy (non-hydrogen) atoms. The number of aliphatic hydroxyl groups is 1. The molecule has 68 valence electrons. The molecule has 0 amide bonds. The molecule has 1 rings (SSSR count). The summed E-state index contributed by atoms with van der Waals surface area (Å²) < 4.78 is 1.53. The molecule has 0 aliphatic rings. The number of thiazole rings is 1. The minimum atomic E-state index is -0.641. The molecule has 0 radical (unpaired) electrons. The number of aryl methyl sites for hydroxylation is 1. The fourth-order valence-corrected chi connectivity index (χ4v) is 1.73. The zero-order valence-corrected chi connectivity index (χ0v) is 8.23. The third-order valence-electron chi connectivity index (χ3n) is 1.55. The van der Waals surface area contributed by atoms with Crippen molar-refractivity contribution in [3.05, 3.63) is 20.7 Å². The van der Waals surface area contributed by atoms with Crippen molar-refractivity contribution in [3.8, 4) is 0 Å². The second-order valence-electron chi connectivity index (χ2n) is 2.56. The van der Waals surface area contributed by atoms with E-state index in [-0.39, 0.29) is 17.3 Å². The Hall–Kier alpha value is -0.320. The minimum absolute atomic E-state index is 0.0448. The van der Waals surface area contributed by atoms with Gasteiger partial charge in [0, 0.05) is 11.1 Å². The molecule has 0 aliphatic heterocycles. The standard InChI is InChI=1S/C7H10ClNO2S/c1-5-4-12-7(11)9(5)3-6(10)2-8/h4,6,10H,2-3H2,1H3. The second-order valence-corrected chi connectivity index (χ2v) is 3.69. The third-order valence-corrected chi connectivity index (χ3v) is 2.79. The Morgan fingerprint density at radius 1 is 1.83 bits per heavy atom. The molecule has 1 atom stereocenters. The Labute approximate surface area is 79.2 Å². The number of rotatable bonds is 3. The molecule has 1 unspecified atom stereocenters. The van der Waals surface area contributed by atoms with Crippen LogP contribution in [0.15, 0.2) is 10.2 Å². The van der Waals surface area contributed by atoms with Crippen LogP contribution in [0.5, 0.6) is 0 Å². The van der Waals surface area contributed by atoms with E-state index in [0.29, 0.717) is 0 Å². The molecule has 1 N–H and O–H groups in total. The summed E-state index contributed by atoms with van der Waals surface area (Å²) in [7, 11) is 0. The Balaban J connectivity index is 2.81. The van der Waals surface area contributed by atoms with Gasteiger partial charge in [0.25, 0.3) is 0 Å². The van der Waals surface area contributed by atoms with E-state index in [1.807, 2.05) is 6.92 Å². The molecular weight excluding hydrogens is 198 g/mol. The van der Waals surface area contributed by atoms with Crippen LogP contribution < -0.4 is 4.87 Å². The topological polar surface area (TPSA) is 42.2 Å². The van der Waals surface area contributed by atoms with E-state index in [4.69, 9.17) is 11.6 Å². The molecule has 0 bridgehead atoms. The SMILES string of the molecule is Cc1csc(=O)n1CC(O)CCl. The maximum atomic E-state index is 11.1. The molecule has 1 heterocycles. The van der Waals surface area contributed by atoms with Crippen LogP contribution in [0.3, 0.4) is 0 Å². The highest BCUT2D eigenvalue weighted by Crippen LogP contribution is 2.01. The summed E-state index contributed by atoms with van der Waals surface area (Å²) in [5.74, 6) is 0.154. The Kier molecular flexibility index (Phi) is 3.31. The van der Waals surface area contributed by atoms with Gasteiger partial charge in [-0.3, -0.25) is 4.79 Å². The molecule has 1 aromatic rings. The molecular formula is C7H10ClNO2S. The van der Waals surface area contributed by atoms with Gasteiger partial charge in [-0.25, -0.2) is 0 Å². The number of alkyl halides is 1. The van der Waals surface area contributed by atoms with Gasteiger partial charge < -0.3 is 9.67 Å². The number of aromatic nitrogens is 1. The van der Waals surface area contributed by atoms with Crippen molar-refractivity contribution in [2.75, 3.05) is 5.88 Å². The first-order valence-electron chi connectivity index (χ1n) is 3.54. The van der Waals surface area contributed by atoms with E-state index in [2.05, 4.69) is 0 Å². The zero-order valence-electron chi connectivity index (χ0n) is 6.66. The van der Waals surface area contributed by atoms with Gasteiger partial charge in [-0.15, -0.1) is 11.6 Å². The van der Waals surface area contributed by atoms with Crippen LogP contribution >= 0.6 is 22.9 Å². The molecule has 3 nitrogen and oxygen atoms in total. The van der Waals surface area contributed by atoms with E-state index >= 15 is 0 Å². The maximum absolute atomic E-state index is 11.1. The van der Waals surface area contributed by atoms with Crippen molar-refractivity contribution in [3.63, 3.8) is 0 Å². The van der Waals surface area contributed by atoms with Crippen molar-refractivity contribution in [2.24, 2.45) is 0 Å². The van der Waals surface area contributed by atoms with E-state index in [9.17, 15) is 9.90 Å². The summed E-state index contributed by atoms with van der Waals surface area (Å²) in [5.41, 5.74) is 0.870. The normalized spacial score (nSPS) is 13.2.